The number of carboxylic acids is 1. The van der Waals surface area contributed by atoms with Gasteiger partial charge in [-0.05, 0) is 127 Å². The molecule has 68 heavy (non-hydrogen) atoms. The van der Waals surface area contributed by atoms with Gasteiger partial charge in [0.25, 0.3) is 5.91 Å². The van der Waals surface area contributed by atoms with Crippen molar-refractivity contribution in [3.63, 3.8) is 0 Å². The van der Waals surface area contributed by atoms with E-state index in [2.05, 4.69) is 31.0 Å². The van der Waals surface area contributed by atoms with Gasteiger partial charge in [-0.1, -0.05) is 53.8 Å². The Balaban J connectivity index is 0.763. The highest BCUT2D eigenvalue weighted by molar-refractivity contribution is 7.22. The molecule has 5 aromatic carbocycles. The maximum absolute atomic E-state index is 13.6. The van der Waals surface area contributed by atoms with Gasteiger partial charge in [-0.2, -0.15) is 5.10 Å². The van der Waals surface area contributed by atoms with Crippen LogP contribution in [0.15, 0.2) is 115 Å². The number of aromatic nitrogens is 4. The number of amides is 4. The molecule has 0 aliphatic carbocycles. The molecule has 4 N–H and O–H groups in total. The van der Waals surface area contributed by atoms with E-state index in [0.717, 1.165) is 43.4 Å². The molecule has 15 nitrogen and oxygen atoms in total. The largest absolute Gasteiger partial charge is 0.476 e. The smallest absolute Gasteiger partial charge is 0.355 e. The number of aryl methyl sites for hydroxylation is 3. The Morgan fingerprint density at radius 1 is 0.868 bits per heavy atom. The summed E-state index contributed by atoms with van der Waals surface area (Å²) in [5.41, 5.74) is 8.14. The van der Waals surface area contributed by atoms with E-state index in [-0.39, 0.29) is 42.2 Å². The SMILES string of the molecule is Cc1cc(Oc2ccc(CCC(=O)Nc3ccc4c(C5CCC(=O)NC5=O)nn(C)c4c3)cc2)ccc1-c1ccc(N2CCc3cccc(C(=O)Nc4nc5ccccc5s4)c3C2)nc1C(=O)O. The third-order valence-corrected chi connectivity index (χ3v) is 13.4. The molecule has 340 valence electrons. The molecule has 0 radical (unpaired) electrons. The summed E-state index contributed by atoms with van der Waals surface area (Å²) in [5, 5.41) is 24.6. The van der Waals surface area contributed by atoms with Crippen molar-refractivity contribution in [3.8, 4) is 22.6 Å². The van der Waals surface area contributed by atoms with E-state index in [9.17, 15) is 29.1 Å². The van der Waals surface area contributed by atoms with Crippen LogP contribution in [-0.2, 0) is 40.8 Å². The van der Waals surface area contributed by atoms with Crippen molar-refractivity contribution in [1.29, 1.82) is 0 Å². The number of imide groups is 1. The first-order valence-electron chi connectivity index (χ1n) is 22.2. The summed E-state index contributed by atoms with van der Waals surface area (Å²) in [7, 11) is 1.78. The lowest BCUT2D eigenvalue weighted by Crippen LogP contribution is -2.39. The molecule has 0 spiro atoms. The van der Waals surface area contributed by atoms with E-state index < -0.39 is 11.9 Å². The monoisotopic (exact) mass is 924 g/mol. The number of hydrogen-bond acceptors (Lipinski definition) is 11. The number of anilines is 3. The van der Waals surface area contributed by atoms with Gasteiger partial charge in [0, 0.05) is 55.2 Å². The van der Waals surface area contributed by atoms with Crippen LogP contribution in [0.2, 0.25) is 0 Å². The zero-order valence-electron chi connectivity index (χ0n) is 37.0. The maximum atomic E-state index is 13.6. The molecule has 1 unspecified atom stereocenters. The predicted octanol–water partition coefficient (Wildman–Crippen LogP) is 8.95. The minimum atomic E-state index is -1.15. The molecule has 16 heteroatoms. The number of hydrogen-bond donors (Lipinski definition) is 4. The lowest BCUT2D eigenvalue weighted by atomic mass is 9.93. The summed E-state index contributed by atoms with van der Waals surface area (Å²) < 4.78 is 8.85. The molecular weight excluding hydrogens is 881 g/mol. The second kappa shape index (κ2) is 18.2. The van der Waals surface area contributed by atoms with Crippen LogP contribution >= 0.6 is 11.3 Å². The van der Waals surface area contributed by atoms with Crippen molar-refractivity contribution in [2.75, 3.05) is 22.1 Å². The fraction of sp³-hybridized carbons (Fsp3) is 0.192. The van der Waals surface area contributed by atoms with Crippen LogP contribution in [0.3, 0.4) is 0 Å². The lowest BCUT2D eigenvalue weighted by molar-refractivity contribution is -0.134. The van der Waals surface area contributed by atoms with Gasteiger partial charge in [-0.15, -0.1) is 0 Å². The number of thiazole rings is 1. The Morgan fingerprint density at radius 2 is 1.68 bits per heavy atom. The minimum absolute atomic E-state index is 0.0775. The topological polar surface area (TPSA) is 198 Å². The van der Waals surface area contributed by atoms with Crippen molar-refractivity contribution in [3.05, 3.63) is 154 Å². The first-order chi connectivity index (χ1) is 32.9. The van der Waals surface area contributed by atoms with Crippen LogP contribution in [0.5, 0.6) is 11.5 Å². The molecule has 8 aromatic rings. The fourth-order valence-corrected chi connectivity index (χ4v) is 9.86. The molecule has 0 bridgehead atoms. The van der Waals surface area contributed by atoms with Crippen molar-refractivity contribution in [2.45, 2.75) is 51.5 Å². The van der Waals surface area contributed by atoms with E-state index in [0.29, 0.717) is 82.9 Å². The highest BCUT2D eigenvalue weighted by Gasteiger charge is 2.32. The number of ether oxygens (including phenoxy) is 1. The van der Waals surface area contributed by atoms with Crippen molar-refractivity contribution in [1.82, 2.24) is 25.1 Å². The van der Waals surface area contributed by atoms with E-state index >= 15 is 0 Å². The second-order valence-electron chi connectivity index (χ2n) is 16.9. The number of fused-ring (bicyclic) bond motifs is 3. The average Bonchev–Trinajstić information content (AvgIpc) is 3.90. The van der Waals surface area contributed by atoms with Crippen LogP contribution in [0, 0.1) is 6.92 Å². The summed E-state index contributed by atoms with van der Waals surface area (Å²) in [6, 6.07) is 35.5. The van der Waals surface area contributed by atoms with Gasteiger partial charge in [-0.25, -0.2) is 14.8 Å². The van der Waals surface area contributed by atoms with E-state index in [1.54, 1.807) is 36.0 Å². The van der Waals surface area contributed by atoms with Gasteiger partial charge in [-0.3, -0.25) is 34.5 Å². The first kappa shape index (κ1) is 43.6. The van der Waals surface area contributed by atoms with Gasteiger partial charge in [0.2, 0.25) is 17.7 Å². The molecule has 1 fully saturated rings. The number of benzene rings is 5. The molecule has 0 saturated carbocycles. The molecule has 5 heterocycles. The van der Waals surface area contributed by atoms with Gasteiger partial charge in [0.15, 0.2) is 10.8 Å². The van der Waals surface area contributed by atoms with Crippen LogP contribution in [0.1, 0.15) is 74.0 Å². The number of rotatable bonds is 12. The number of carbonyl (C=O) groups excluding carboxylic acids is 4. The van der Waals surface area contributed by atoms with Crippen molar-refractivity contribution in [2.24, 2.45) is 7.05 Å². The number of carboxylic acid groups (broad SMARTS) is 1. The molecule has 1 saturated heterocycles. The first-order valence-corrected chi connectivity index (χ1v) is 23.0. The number of pyridine rings is 1. The van der Waals surface area contributed by atoms with Crippen molar-refractivity contribution >= 4 is 78.7 Å². The minimum Gasteiger partial charge on any atom is -0.476 e. The number of para-hydroxylation sites is 1. The quantitative estimate of drug-likeness (QED) is 0.0854. The molecule has 2 aliphatic rings. The molecule has 1 atom stereocenters. The zero-order valence-corrected chi connectivity index (χ0v) is 37.9. The number of nitrogens with zero attached hydrogens (tertiary/aromatic N) is 5. The van der Waals surface area contributed by atoms with Crippen LogP contribution < -0.4 is 25.6 Å². The van der Waals surface area contributed by atoms with Crippen LogP contribution in [0.25, 0.3) is 32.2 Å². The van der Waals surface area contributed by atoms with Crippen LogP contribution in [-0.4, -0.2) is 61.0 Å². The number of carbonyl (C=O) groups is 5. The molecule has 2 aliphatic heterocycles. The van der Waals surface area contributed by atoms with E-state index in [1.807, 2.05) is 103 Å². The molecule has 10 rings (SSSR count). The molecular formula is C52H44N8O7S. The number of nitrogens with one attached hydrogen (secondary N) is 3. The third kappa shape index (κ3) is 8.88. The normalized spacial score (nSPS) is 14.7. The fourth-order valence-electron chi connectivity index (χ4n) is 9.00. The van der Waals surface area contributed by atoms with E-state index in [4.69, 9.17) is 4.74 Å². The Kier molecular flexibility index (Phi) is 11.7. The Hall–Kier alpha value is -8.24. The maximum Gasteiger partial charge on any atom is 0.355 e. The highest BCUT2D eigenvalue weighted by Crippen LogP contribution is 2.35. The summed E-state index contributed by atoms with van der Waals surface area (Å²) in [6.07, 6.45) is 2.07. The summed E-state index contributed by atoms with van der Waals surface area (Å²) in [6.45, 7) is 2.88. The summed E-state index contributed by atoms with van der Waals surface area (Å²) >= 11 is 1.42. The lowest BCUT2D eigenvalue weighted by Gasteiger charge is -2.31. The third-order valence-electron chi connectivity index (χ3n) is 12.5. The average molecular weight is 925 g/mol. The summed E-state index contributed by atoms with van der Waals surface area (Å²) in [4.78, 5) is 74.7. The number of piperidine rings is 1. The Morgan fingerprint density at radius 3 is 2.47 bits per heavy atom. The highest BCUT2D eigenvalue weighted by atomic mass is 32.1. The van der Waals surface area contributed by atoms with Gasteiger partial charge in [0.1, 0.15) is 17.3 Å². The van der Waals surface area contributed by atoms with Gasteiger partial charge >= 0.3 is 5.97 Å². The van der Waals surface area contributed by atoms with Gasteiger partial charge in [0.05, 0.1) is 27.3 Å². The molecule has 3 aromatic heterocycles. The standard InChI is InChI=1S/C52H44N8O7S/c1-29-26-34(67-33-14-10-30(11-15-33)12-22-45(61)53-32-13-17-38-42(27-32)59(2)58-47(38)39-20-23-46(62)56-50(39)64)16-18-35(29)36-19-21-44(55-48(36)51(65)66)60-25-24-31-6-5-7-37(40(31)28-60)49(63)57-52-54-41-8-3-4-9-43(41)68-52/h3-11,13-19,21,26-27,39H,12,20,22-25,28H2,1-2H3,(H,53,61)(H,65,66)(H,54,57,63)(H,56,62,64). The van der Waals surface area contributed by atoms with Gasteiger partial charge < -0.3 is 20.1 Å². The summed E-state index contributed by atoms with van der Waals surface area (Å²) in [5.74, 6) is -1.01. The van der Waals surface area contributed by atoms with E-state index in [1.165, 1.54) is 11.3 Å². The Bertz CT molecular complexity index is 3310. The predicted molar refractivity (Wildman–Crippen MR) is 259 cm³/mol. The van der Waals surface area contributed by atoms with Crippen molar-refractivity contribution < 1.29 is 33.8 Å². The van der Waals surface area contributed by atoms with Crippen LogP contribution in [0.4, 0.5) is 16.6 Å². The second-order valence-corrected chi connectivity index (χ2v) is 18.0. The zero-order chi connectivity index (χ0) is 47.1. The molecule has 4 amide bonds. The number of aromatic carboxylic acids is 1. The Labute approximate surface area is 393 Å².